The zero-order valence-electron chi connectivity index (χ0n) is 10.8. The van der Waals surface area contributed by atoms with E-state index in [2.05, 4.69) is 21.2 Å². The van der Waals surface area contributed by atoms with Gasteiger partial charge in [-0.05, 0) is 17.7 Å². The summed E-state index contributed by atoms with van der Waals surface area (Å²) in [5.41, 5.74) is 1.21. The van der Waals surface area contributed by atoms with Gasteiger partial charge >= 0.3 is 0 Å². The standard InChI is InChI=1S/C14H18ClN3O/c15-12-3-1-2-11(8-12)9-17-6-7-18-5-4-16-14(19)13(18)10-17/h1-3,8,13H,4-7,9-10H2,(H,16,19). The van der Waals surface area contributed by atoms with E-state index in [9.17, 15) is 4.79 Å². The summed E-state index contributed by atoms with van der Waals surface area (Å²) in [5, 5.41) is 3.72. The van der Waals surface area contributed by atoms with E-state index in [1.165, 1.54) is 5.56 Å². The molecule has 0 saturated carbocycles. The van der Waals surface area contributed by atoms with Gasteiger partial charge in [-0.1, -0.05) is 23.7 Å². The Kier molecular flexibility index (Phi) is 3.73. The molecule has 1 N–H and O–H groups in total. The summed E-state index contributed by atoms with van der Waals surface area (Å²) in [7, 11) is 0. The van der Waals surface area contributed by atoms with Gasteiger partial charge in [0.25, 0.3) is 0 Å². The summed E-state index contributed by atoms with van der Waals surface area (Å²) >= 11 is 6.01. The first-order valence-corrected chi connectivity index (χ1v) is 7.09. The molecule has 2 fully saturated rings. The van der Waals surface area contributed by atoms with Crippen molar-refractivity contribution in [1.29, 1.82) is 0 Å². The molecule has 2 aliphatic rings. The predicted octanol–water partition coefficient (Wildman–Crippen LogP) is 0.956. The van der Waals surface area contributed by atoms with Crippen molar-refractivity contribution in [2.24, 2.45) is 0 Å². The quantitative estimate of drug-likeness (QED) is 0.876. The average molecular weight is 280 g/mol. The van der Waals surface area contributed by atoms with E-state index < -0.39 is 0 Å². The van der Waals surface area contributed by atoms with Crippen LogP contribution in [0.4, 0.5) is 0 Å². The molecule has 2 heterocycles. The van der Waals surface area contributed by atoms with Crippen LogP contribution in [-0.2, 0) is 11.3 Å². The van der Waals surface area contributed by atoms with Crippen molar-refractivity contribution in [2.45, 2.75) is 12.6 Å². The first-order chi connectivity index (χ1) is 9.22. The summed E-state index contributed by atoms with van der Waals surface area (Å²) in [5.74, 6) is 0.169. The van der Waals surface area contributed by atoms with Gasteiger partial charge in [0.2, 0.25) is 5.91 Å². The van der Waals surface area contributed by atoms with Crippen molar-refractivity contribution in [2.75, 3.05) is 32.7 Å². The average Bonchev–Trinajstić information content (AvgIpc) is 2.40. The van der Waals surface area contributed by atoms with Gasteiger partial charge in [-0.3, -0.25) is 14.6 Å². The molecule has 0 aliphatic carbocycles. The number of halogens is 1. The molecule has 0 aromatic heterocycles. The molecule has 2 aliphatic heterocycles. The number of piperazine rings is 2. The number of carbonyl (C=O) groups excluding carboxylic acids is 1. The second kappa shape index (κ2) is 5.49. The molecule has 0 spiro atoms. The number of hydrogen-bond donors (Lipinski definition) is 1. The maximum Gasteiger partial charge on any atom is 0.238 e. The van der Waals surface area contributed by atoms with E-state index in [1.807, 2.05) is 18.2 Å². The van der Waals surface area contributed by atoms with Crippen LogP contribution >= 0.6 is 11.6 Å². The van der Waals surface area contributed by atoms with Crippen LogP contribution in [-0.4, -0.2) is 54.5 Å². The molecule has 1 aromatic rings. The van der Waals surface area contributed by atoms with Gasteiger partial charge in [0.15, 0.2) is 0 Å². The number of fused-ring (bicyclic) bond motifs is 1. The van der Waals surface area contributed by atoms with Crippen LogP contribution in [0.15, 0.2) is 24.3 Å². The van der Waals surface area contributed by atoms with Crippen LogP contribution in [0.3, 0.4) is 0 Å². The number of hydrogen-bond acceptors (Lipinski definition) is 3. The van der Waals surface area contributed by atoms with E-state index in [0.29, 0.717) is 0 Å². The molecule has 1 unspecified atom stereocenters. The fourth-order valence-corrected chi connectivity index (χ4v) is 3.08. The summed E-state index contributed by atoms with van der Waals surface area (Å²) < 4.78 is 0. The molecule has 1 aromatic carbocycles. The molecule has 1 amide bonds. The maximum absolute atomic E-state index is 11.9. The van der Waals surface area contributed by atoms with Crippen molar-refractivity contribution >= 4 is 17.5 Å². The Morgan fingerprint density at radius 2 is 2.21 bits per heavy atom. The van der Waals surface area contributed by atoms with Gasteiger partial charge in [-0.15, -0.1) is 0 Å². The number of nitrogens with one attached hydrogen (secondary N) is 1. The Bertz CT molecular complexity index is 480. The highest BCUT2D eigenvalue weighted by Gasteiger charge is 2.34. The van der Waals surface area contributed by atoms with Crippen molar-refractivity contribution < 1.29 is 4.79 Å². The summed E-state index contributed by atoms with van der Waals surface area (Å²) in [6, 6.07) is 7.95. The van der Waals surface area contributed by atoms with E-state index in [-0.39, 0.29) is 11.9 Å². The Morgan fingerprint density at radius 3 is 3.05 bits per heavy atom. The molecule has 102 valence electrons. The molecule has 3 rings (SSSR count). The monoisotopic (exact) mass is 279 g/mol. The van der Waals surface area contributed by atoms with Gasteiger partial charge < -0.3 is 5.32 Å². The van der Waals surface area contributed by atoms with E-state index in [0.717, 1.165) is 44.3 Å². The first-order valence-electron chi connectivity index (χ1n) is 6.71. The lowest BCUT2D eigenvalue weighted by Gasteiger charge is -2.43. The third-order valence-corrected chi connectivity index (χ3v) is 4.11. The lowest BCUT2D eigenvalue weighted by molar-refractivity contribution is -0.131. The highest BCUT2D eigenvalue weighted by Crippen LogP contribution is 2.17. The van der Waals surface area contributed by atoms with Crippen molar-refractivity contribution in [3.05, 3.63) is 34.9 Å². The number of rotatable bonds is 2. The van der Waals surface area contributed by atoms with E-state index in [1.54, 1.807) is 0 Å². The smallest absolute Gasteiger partial charge is 0.238 e. The summed E-state index contributed by atoms with van der Waals surface area (Å²) in [6.45, 7) is 5.40. The third-order valence-electron chi connectivity index (χ3n) is 3.87. The summed E-state index contributed by atoms with van der Waals surface area (Å²) in [6.07, 6.45) is 0. The second-order valence-corrected chi connectivity index (χ2v) is 5.64. The molecule has 19 heavy (non-hydrogen) atoms. The highest BCUT2D eigenvalue weighted by molar-refractivity contribution is 6.30. The van der Waals surface area contributed by atoms with Gasteiger partial charge in [0, 0.05) is 44.3 Å². The third kappa shape index (κ3) is 2.91. The maximum atomic E-state index is 11.9. The number of benzene rings is 1. The normalized spacial score (nSPS) is 24.9. The molecule has 0 bridgehead atoms. The fraction of sp³-hybridized carbons (Fsp3) is 0.500. The largest absolute Gasteiger partial charge is 0.353 e. The van der Waals surface area contributed by atoms with Gasteiger partial charge in [-0.2, -0.15) is 0 Å². The van der Waals surface area contributed by atoms with Gasteiger partial charge in [0.05, 0.1) is 0 Å². The Balaban J connectivity index is 1.65. The van der Waals surface area contributed by atoms with Crippen molar-refractivity contribution in [3.8, 4) is 0 Å². The zero-order chi connectivity index (χ0) is 13.2. The Morgan fingerprint density at radius 1 is 1.32 bits per heavy atom. The van der Waals surface area contributed by atoms with Crippen molar-refractivity contribution in [3.63, 3.8) is 0 Å². The zero-order valence-corrected chi connectivity index (χ0v) is 11.6. The van der Waals surface area contributed by atoms with Crippen molar-refractivity contribution in [1.82, 2.24) is 15.1 Å². The molecule has 5 heteroatoms. The topological polar surface area (TPSA) is 35.6 Å². The lowest BCUT2D eigenvalue weighted by Crippen LogP contribution is -2.63. The molecule has 4 nitrogen and oxygen atoms in total. The molecule has 0 radical (unpaired) electrons. The predicted molar refractivity (Wildman–Crippen MR) is 75.1 cm³/mol. The van der Waals surface area contributed by atoms with Crippen LogP contribution < -0.4 is 5.32 Å². The minimum Gasteiger partial charge on any atom is -0.353 e. The summed E-state index contributed by atoms with van der Waals surface area (Å²) in [4.78, 5) is 16.5. The molecular formula is C14H18ClN3O. The van der Waals surface area contributed by atoms with Crippen LogP contribution in [0.1, 0.15) is 5.56 Å². The minimum absolute atomic E-state index is 0.0154. The van der Waals surface area contributed by atoms with Crippen LogP contribution in [0.2, 0.25) is 5.02 Å². The van der Waals surface area contributed by atoms with Gasteiger partial charge in [0.1, 0.15) is 6.04 Å². The molecular weight excluding hydrogens is 262 g/mol. The number of nitrogens with zero attached hydrogens (tertiary/aromatic N) is 2. The Labute approximate surface area is 118 Å². The number of amides is 1. The first kappa shape index (κ1) is 12.9. The second-order valence-electron chi connectivity index (χ2n) is 5.21. The molecule has 1 atom stereocenters. The minimum atomic E-state index is 0.0154. The Hall–Kier alpha value is -1.10. The lowest BCUT2D eigenvalue weighted by atomic mass is 10.1. The highest BCUT2D eigenvalue weighted by atomic mass is 35.5. The van der Waals surface area contributed by atoms with Crippen LogP contribution in [0.5, 0.6) is 0 Å². The van der Waals surface area contributed by atoms with Gasteiger partial charge in [-0.25, -0.2) is 0 Å². The van der Waals surface area contributed by atoms with E-state index >= 15 is 0 Å². The fourth-order valence-electron chi connectivity index (χ4n) is 2.87. The van der Waals surface area contributed by atoms with Crippen LogP contribution in [0.25, 0.3) is 0 Å². The van der Waals surface area contributed by atoms with E-state index in [4.69, 9.17) is 11.6 Å². The number of carbonyl (C=O) groups is 1. The molecule has 2 saturated heterocycles. The SMILES string of the molecule is O=C1NCCN2CCN(Cc3cccc(Cl)c3)CC12. The van der Waals surface area contributed by atoms with Crippen LogP contribution in [0, 0.1) is 0 Å².